The lowest BCUT2D eigenvalue weighted by molar-refractivity contribution is -0.131. The lowest BCUT2D eigenvalue weighted by Crippen LogP contribution is -2.42. The number of nitrogens with zero attached hydrogens (tertiary/aromatic N) is 5. The van der Waals surface area contributed by atoms with E-state index in [1.54, 1.807) is 6.20 Å². The van der Waals surface area contributed by atoms with Gasteiger partial charge in [0.25, 0.3) is 0 Å². The van der Waals surface area contributed by atoms with Crippen molar-refractivity contribution in [3.63, 3.8) is 0 Å². The van der Waals surface area contributed by atoms with Gasteiger partial charge in [0.05, 0.1) is 17.3 Å². The van der Waals surface area contributed by atoms with Crippen LogP contribution in [-0.4, -0.2) is 62.8 Å². The first-order chi connectivity index (χ1) is 14.1. The molecule has 4 bridgehead atoms. The maximum absolute atomic E-state index is 12.8. The van der Waals surface area contributed by atoms with Crippen LogP contribution in [0.3, 0.4) is 0 Å². The van der Waals surface area contributed by atoms with Gasteiger partial charge in [-0.2, -0.15) is 5.10 Å². The van der Waals surface area contributed by atoms with Gasteiger partial charge in [0, 0.05) is 56.1 Å². The van der Waals surface area contributed by atoms with Crippen LogP contribution < -0.4 is 10.6 Å². The van der Waals surface area contributed by atoms with Gasteiger partial charge in [-0.05, 0) is 31.4 Å². The summed E-state index contributed by atoms with van der Waals surface area (Å²) in [5.41, 5.74) is 4.08. The molecule has 2 aliphatic rings. The van der Waals surface area contributed by atoms with Crippen molar-refractivity contribution in [1.29, 1.82) is 0 Å². The summed E-state index contributed by atoms with van der Waals surface area (Å²) in [6, 6.07) is 8.07. The van der Waals surface area contributed by atoms with E-state index in [0.717, 1.165) is 54.5 Å². The summed E-state index contributed by atoms with van der Waals surface area (Å²) >= 11 is 0. The first-order valence-corrected chi connectivity index (χ1v) is 10.1. The minimum Gasteiger partial charge on any atom is -0.350 e. The Morgan fingerprint density at radius 2 is 2.07 bits per heavy atom. The molecule has 1 fully saturated rings. The van der Waals surface area contributed by atoms with E-state index in [0.29, 0.717) is 5.95 Å². The molecule has 5 rings (SSSR count). The first-order valence-electron chi connectivity index (χ1n) is 10.1. The van der Waals surface area contributed by atoms with E-state index >= 15 is 0 Å². The summed E-state index contributed by atoms with van der Waals surface area (Å²) in [6.45, 7) is 1.44. The van der Waals surface area contributed by atoms with Crippen LogP contribution in [0.1, 0.15) is 18.5 Å². The van der Waals surface area contributed by atoms with Crippen LogP contribution >= 0.6 is 12.4 Å². The number of aryl methyl sites for hydroxylation is 2. The standard InChI is InChI=1S/C21H25N7O.ClH/c1-27-10-4-7-18-19-14(5-3-6-16(19)26-28(18)2)15-8-9-22-21(25-15)24-13-11-17(20(27)29)23-12-13;/h3,5-6,8-9,13,17,23H,4,7,10-12H2,1-2H3,(H,22,24,25);1H/t13-,17-;/m0./s1. The zero-order valence-corrected chi connectivity index (χ0v) is 17.9. The maximum atomic E-state index is 12.8. The summed E-state index contributed by atoms with van der Waals surface area (Å²) in [7, 11) is 3.87. The van der Waals surface area contributed by atoms with Crippen molar-refractivity contribution in [3.8, 4) is 11.3 Å². The zero-order valence-electron chi connectivity index (χ0n) is 17.1. The summed E-state index contributed by atoms with van der Waals surface area (Å²) in [6.07, 6.45) is 4.25. The number of carbonyl (C=O) groups is 1. The fourth-order valence-corrected chi connectivity index (χ4v) is 4.47. The van der Waals surface area contributed by atoms with Crippen molar-refractivity contribution >= 4 is 35.2 Å². The van der Waals surface area contributed by atoms with Crippen LogP contribution in [0.2, 0.25) is 0 Å². The number of amides is 1. The number of likely N-dealkylation sites (N-methyl/N-ethyl adjacent to an activating group) is 1. The molecule has 0 aliphatic carbocycles. The Kier molecular flexibility index (Phi) is 5.62. The van der Waals surface area contributed by atoms with Gasteiger partial charge in [-0.1, -0.05) is 12.1 Å². The van der Waals surface area contributed by atoms with Gasteiger partial charge >= 0.3 is 0 Å². The van der Waals surface area contributed by atoms with Gasteiger partial charge in [0.1, 0.15) is 0 Å². The average Bonchev–Trinajstić information content (AvgIpc) is 3.31. The molecular formula is C21H26ClN7O. The third kappa shape index (κ3) is 3.61. The topological polar surface area (TPSA) is 88.0 Å². The van der Waals surface area contributed by atoms with E-state index in [2.05, 4.69) is 21.7 Å². The van der Waals surface area contributed by atoms with E-state index in [-0.39, 0.29) is 30.4 Å². The number of anilines is 1. The van der Waals surface area contributed by atoms with Gasteiger partial charge in [-0.25, -0.2) is 9.97 Å². The second kappa shape index (κ2) is 8.20. The minimum atomic E-state index is -0.161. The van der Waals surface area contributed by atoms with Gasteiger partial charge in [-0.3, -0.25) is 9.48 Å². The van der Waals surface area contributed by atoms with Crippen molar-refractivity contribution in [3.05, 3.63) is 36.2 Å². The number of halogens is 1. The van der Waals surface area contributed by atoms with Crippen LogP contribution in [0.15, 0.2) is 30.5 Å². The lowest BCUT2D eigenvalue weighted by atomic mass is 10.0. The highest BCUT2D eigenvalue weighted by molar-refractivity contribution is 5.96. The predicted molar refractivity (Wildman–Crippen MR) is 119 cm³/mol. The Labute approximate surface area is 181 Å². The number of hydrogen-bond acceptors (Lipinski definition) is 6. The number of benzene rings is 1. The number of carbonyl (C=O) groups excluding carboxylic acids is 1. The fourth-order valence-electron chi connectivity index (χ4n) is 4.47. The Bertz CT molecular complexity index is 1080. The van der Waals surface area contributed by atoms with Crippen molar-refractivity contribution in [2.75, 3.05) is 25.5 Å². The normalized spacial score (nSPS) is 21.5. The molecule has 1 aromatic carbocycles. The molecule has 0 spiro atoms. The molecule has 4 heterocycles. The number of nitrogens with one attached hydrogen (secondary N) is 2. The highest BCUT2D eigenvalue weighted by Crippen LogP contribution is 2.31. The summed E-state index contributed by atoms with van der Waals surface area (Å²) in [5, 5.41) is 12.6. The monoisotopic (exact) mass is 427 g/mol. The predicted octanol–water partition coefficient (Wildman–Crippen LogP) is 2.00. The fraction of sp³-hybridized carbons (Fsp3) is 0.429. The first kappa shape index (κ1) is 20.6. The molecule has 158 valence electrons. The molecule has 0 unspecified atom stereocenters. The summed E-state index contributed by atoms with van der Waals surface area (Å²) in [4.78, 5) is 23.8. The van der Waals surface area contributed by atoms with Gasteiger partial charge in [-0.15, -0.1) is 12.4 Å². The van der Waals surface area contributed by atoms with E-state index < -0.39 is 0 Å². The van der Waals surface area contributed by atoms with E-state index in [1.807, 2.05) is 41.9 Å². The molecular weight excluding hydrogens is 402 g/mol. The second-order valence-electron chi connectivity index (χ2n) is 7.94. The molecule has 0 radical (unpaired) electrons. The van der Waals surface area contributed by atoms with Crippen LogP contribution in [0.5, 0.6) is 0 Å². The number of rotatable bonds is 0. The smallest absolute Gasteiger partial charge is 0.239 e. The molecule has 9 heteroatoms. The SMILES string of the molecule is CN1CCCc2c3c(cccc3nn2C)-c2ccnc(n2)N[C@@H]2CN[C@@H](C2)C1=O.Cl. The lowest BCUT2D eigenvalue weighted by Gasteiger charge is -2.21. The molecule has 2 N–H and O–H groups in total. The maximum Gasteiger partial charge on any atom is 0.239 e. The summed E-state index contributed by atoms with van der Waals surface area (Å²) in [5.74, 6) is 0.738. The third-order valence-corrected chi connectivity index (χ3v) is 5.96. The van der Waals surface area contributed by atoms with Crippen LogP contribution in [0, 0.1) is 0 Å². The molecule has 1 amide bonds. The highest BCUT2D eigenvalue weighted by atomic mass is 35.5. The van der Waals surface area contributed by atoms with E-state index in [4.69, 9.17) is 10.1 Å². The Morgan fingerprint density at radius 3 is 2.93 bits per heavy atom. The van der Waals surface area contributed by atoms with E-state index in [9.17, 15) is 4.79 Å². The summed E-state index contributed by atoms with van der Waals surface area (Å²) < 4.78 is 1.96. The largest absolute Gasteiger partial charge is 0.350 e. The Morgan fingerprint density at radius 1 is 1.20 bits per heavy atom. The minimum absolute atomic E-state index is 0. The van der Waals surface area contributed by atoms with Gasteiger partial charge in [0.15, 0.2) is 0 Å². The Balaban J connectivity index is 0.00000218. The van der Waals surface area contributed by atoms with Crippen molar-refractivity contribution in [1.82, 2.24) is 30.0 Å². The molecule has 2 aromatic heterocycles. The van der Waals surface area contributed by atoms with E-state index in [1.165, 1.54) is 5.69 Å². The molecule has 1 saturated heterocycles. The number of hydrogen-bond donors (Lipinski definition) is 2. The highest BCUT2D eigenvalue weighted by Gasteiger charge is 2.31. The van der Waals surface area contributed by atoms with Crippen molar-refractivity contribution in [2.24, 2.45) is 7.05 Å². The molecule has 8 nitrogen and oxygen atoms in total. The quantitative estimate of drug-likeness (QED) is 0.570. The van der Waals surface area contributed by atoms with Crippen LogP contribution in [0.4, 0.5) is 5.95 Å². The van der Waals surface area contributed by atoms with Crippen LogP contribution in [0.25, 0.3) is 22.2 Å². The van der Waals surface area contributed by atoms with Crippen LogP contribution in [-0.2, 0) is 18.3 Å². The zero-order chi connectivity index (χ0) is 20.0. The van der Waals surface area contributed by atoms with Gasteiger partial charge < -0.3 is 15.5 Å². The van der Waals surface area contributed by atoms with Gasteiger partial charge in [0.2, 0.25) is 11.9 Å². The molecule has 0 saturated carbocycles. The molecule has 30 heavy (non-hydrogen) atoms. The molecule has 3 aromatic rings. The second-order valence-corrected chi connectivity index (χ2v) is 7.94. The number of aromatic nitrogens is 4. The average molecular weight is 428 g/mol. The van der Waals surface area contributed by atoms with Crippen molar-refractivity contribution < 1.29 is 4.79 Å². The third-order valence-electron chi connectivity index (χ3n) is 5.96. The van der Waals surface area contributed by atoms with Crippen molar-refractivity contribution in [2.45, 2.75) is 31.3 Å². The molecule has 2 atom stereocenters. The Hall–Kier alpha value is -2.71. The molecule has 2 aliphatic heterocycles. The number of fused-ring (bicyclic) bond motifs is 5.